The number of nitrogens with one attached hydrogen (secondary N) is 1. The maximum absolute atomic E-state index is 4.11. The number of aryl methyl sites for hydroxylation is 2. The van der Waals surface area contributed by atoms with Crippen molar-refractivity contribution in [3.63, 3.8) is 0 Å². The third-order valence-corrected chi connectivity index (χ3v) is 3.64. The first-order valence-electron chi connectivity index (χ1n) is 7.41. The third kappa shape index (κ3) is 3.67. The lowest BCUT2D eigenvalue weighted by Gasteiger charge is -2.18. The van der Waals surface area contributed by atoms with Gasteiger partial charge in [-0.05, 0) is 18.9 Å². The summed E-state index contributed by atoms with van der Waals surface area (Å²) >= 11 is 0. The van der Waals surface area contributed by atoms with Crippen LogP contribution in [0.4, 0.5) is 0 Å². The first-order valence-corrected chi connectivity index (χ1v) is 7.41. The zero-order chi connectivity index (χ0) is 14.4. The number of aromatic nitrogens is 3. The van der Waals surface area contributed by atoms with Crippen molar-refractivity contribution >= 4 is 0 Å². The Morgan fingerprint density at radius 1 is 1.20 bits per heavy atom. The van der Waals surface area contributed by atoms with Crippen molar-refractivity contribution in [3.05, 3.63) is 47.5 Å². The quantitative estimate of drug-likeness (QED) is 0.842. The Bertz CT molecular complexity index is 516. The van der Waals surface area contributed by atoms with E-state index in [1.54, 1.807) is 0 Å². The van der Waals surface area contributed by atoms with E-state index in [-0.39, 0.29) is 0 Å². The highest BCUT2D eigenvalue weighted by Crippen LogP contribution is 2.16. The van der Waals surface area contributed by atoms with Gasteiger partial charge < -0.3 is 9.88 Å². The zero-order valence-electron chi connectivity index (χ0n) is 12.6. The SMILES string of the molecule is CCc1nncn1CCN[C@@H](CC)c1ccc(C)cc1. The lowest BCUT2D eigenvalue weighted by atomic mass is 10.0. The summed E-state index contributed by atoms with van der Waals surface area (Å²) in [6, 6.07) is 9.19. The van der Waals surface area contributed by atoms with E-state index in [2.05, 4.69) is 65.1 Å². The van der Waals surface area contributed by atoms with Gasteiger partial charge in [-0.25, -0.2) is 0 Å². The van der Waals surface area contributed by atoms with Crippen LogP contribution in [0, 0.1) is 6.92 Å². The van der Waals surface area contributed by atoms with Gasteiger partial charge in [0.05, 0.1) is 0 Å². The molecule has 2 rings (SSSR count). The third-order valence-electron chi connectivity index (χ3n) is 3.64. The number of hydrogen-bond donors (Lipinski definition) is 1. The standard InChI is InChI=1S/C16H24N4/c1-4-15(14-8-6-13(3)7-9-14)17-10-11-20-12-18-19-16(20)5-2/h6-9,12,15,17H,4-5,10-11H2,1-3H3/t15-/m0/s1. The molecule has 0 bridgehead atoms. The Morgan fingerprint density at radius 3 is 2.60 bits per heavy atom. The van der Waals surface area contributed by atoms with Crippen LogP contribution >= 0.6 is 0 Å². The number of benzene rings is 1. The summed E-state index contributed by atoms with van der Waals surface area (Å²) in [5, 5.41) is 11.7. The van der Waals surface area contributed by atoms with Crippen LogP contribution in [-0.2, 0) is 13.0 Å². The molecular formula is C16H24N4. The molecule has 0 fully saturated rings. The summed E-state index contributed by atoms with van der Waals surface area (Å²) in [5.41, 5.74) is 2.67. The first kappa shape index (κ1) is 14.7. The predicted octanol–water partition coefficient (Wildman–Crippen LogP) is 2.89. The molecule has 1 aromatic carbocycles. The monoisotopic (exact) mass is 272 g/mol. The summed E-state index contributed by atoms with van der Waals surface area (Å²) in [7, 11) is 0. The Morgan fingerprint density at radius 2 is 1.95 bits per heavy atom. The number of nitrogens with zero attached hydrogens (tertiary/aromatic N) is 3. The van der Waals surface area contributed by atoms with Crippen LogP contribution in [0.2, 0.25) is 0 Å². The summed E-state index contributed by atoms with van der Waals surface area (Å²) in [5.74, 6) is 1.05. The zero-order valence-corrected chi connectivity index (χ0v) is 12.6. The van der Waals surface area contributed by atoms with E-state index in [0.717, 1.165) is 31.8 Å². The summed E-state index contributed by atoms with van der Waals surface area (Å²) in [6.45, 7) is 8.29. The lowest BCUT2D eigenvalue weighted by Crippen LogP contribution is -2.25. The fourth-order valence-corrected chi connectivity index (χ4v) is 2.40. The van der Waals surface area contributed by atoms with E-state index in [9.17, 15) is 0 Å². The van der Waals surface area contributed by atoms with Crippen LogP contribution in [0.15, 0.2) is 30.6 Å². The Labute approximate surface area is 121 Å². The summed E-state index contributed by atoms with van der Waals surface area (Å²) in [4.78, 5) is 0. The molecule has 4 nitrogen and oxygen atoms in total. The van der Waals surface area contributed by atoms with E-state index >= 15 is 0 Å². The second kappa shape index (κ2) is 7.20. The molecule has 1 atom stereocenters. The molecule has 0 aliphatic rings. The second-order valence-electron chi connectivity index (χ2n) is 5.12. The van der Waals surface area contributed by atoms with Gasteiger partial charge in [0.1, 0.15) is 12.2 Å². The van der Waals surface area contributed by atoms with Crippen molar-refractivity contribution in [2.75, 3.05) is 6.54 Å². The molecule has 0 aliphatic carbocycles. The summed E-state index contributed by atoms with van der Waals surface area (Å²) in [6.07, 6.45) is 3.83. The minimum atomic E-state index is 0.414. The van der Waals surface area contributed by atoms with Gasteiger partial charge in [-0.2, -0.15) is 0 Å². The average Bonchev–Trinajstić information content (AvgIpc) is 2.92. The molecule has 0 unspecified atom stereocenters. The fraction of sp³-hybridized carbons (Fsp3) is 0.500. The smallest absolute Gasteiger partial charge is 0.132 e. The minimum absolute atomic E-state index is 0.414. The second-order valence-corrected chi connectivity index (χ2v) is 5.12. The van der Waals surface area contributed by atoms with E-state index < -0.39 is 0 Å². The molecule has 1 N–H and O–H groups in total. The summed E-state index contributed by atoms with van der Waals surface area (Å²) < 4.78 is 2.12. The lowest BCUT2D eigenvalue weighted by molar-refractivity contribution is 0.487. The average molecular weight is 272 g/mol. The molecule has 0 saturated carbocycles. The van der Waals surface area contributed by atoms with Crippen molar-refractivity contribution in [1.82, 2.24) is 20.1 Å². The van der Waals surface area contributed by atoms with Gasteiger partial charge in [-0.3, -0.25) is 0 Å². The highest BCUT2D eigenvalue weighted by Gasteiger charge is 2.08. The molecule has 0 aliphatic heterocycles. The Hall–Kier alpha value is -1.68. The number of rotatable bonds is 7. The normalized spacial score (nSPS) is 12.6. The van der Waals surface area contributed by atoms with Gasteiger partial charge in [-0.1, -0.05) is 43.7 Å². The van der Waals surface area contributed by atoms with Gasteiger partial charge in [-0.15, -0.1) is 10.2 Å². The van der Waals surface area contributed by atoms with E-state index in [1.165, 1.54) is 11.1 Å². The van der Waals surface area contributed by atoms with E-state index in [0.29, 0.717) is 6.04 Å². The Kier molecular flexibility index (Phi) is 5.30. The van der Waals surface area contributed by atoms with Gasteiger partial charge in [0.15, 0.2) is 0 Å². The molecule has 1 heterocycles. The van der Waals surface area contributed by atoms with Crippen LogP contribution in [0.5, 0.6) is 0 Å². The van der Waals surface area contributed by atoms with Crippen molar-refractivity contribution in [3.8, 4) is 0 Å². The molecule has 0 saturated heterocycles. The highest BCUT2D eigenvalue weighted by atomic mass is 15.3. The maximum atomic E-state index is 4.11. The molecule has 20 heavy (non-hydrogen) atoms. The van der Waals surface area contributed by atoms with Crippen molar-refractivity contribution in [2.24, 2.45) is 0 Å². The van der Waals surface area contributed by atoms with Gasteiger partial charge in [0.2, 0.25) is 0 Å². The molecule has 4 heteroatoms. The van der Waals surface area contributed by atoms with E-state index in [4.69, 9.17) is 0 Å². The van der Waals surface area contributed by atoms with Gasteiger partial charge in [0, 0.05) is 25.6 Å². The van der Waals surface area contributed by atoms with Crippen LogP contribution in [0.25, 0.3) is 0 Å². The molecule has 0 spiro atoms. The van der Waals surface area contributed by atoms with Crippen molar-refractivity contribution in [1.29, 1.82) is 0 Å². The molecular weight excluding hydrogens is 248 g/mol. The molecule has 1 aromatic heterocycles. The van der Waals surface area contributed by atoms with Crippen molar-refractivity contribution in [2.45, 2.75) is 46.2 Å². The Balaban J connectivity index is 1.89. The largest absolute Gasteiger partial charge is 0.316 e. The van der Waals surface area contributed by atoms with Crippen molar-refractivity contribution < 1.29 is 0 Å². The topological polar surface area (TPSA) is 42.7 Å². The maximum Gasteiger partial charge on any atom is 0.132 e. The molecule has 0 amide bonds. The fourth-order valence-electron chi connectivity index (χ4n) is 2.40. The predicted molar refractivity (Wildman–Crippen MR) is 81.6 cm³/mol. The molecule has 0 radical (unpaired) electrons. The van der Waals surface area contributed by atoms with Crippen LogP contribution in [-0.4, -0.2) is 21.3 Å². The number of hydrogen-bond acceptors (Lipinski definition) is 3. The highest BCUT2D eigenvalue weighted by molar-refractivity contribution is 5.24. The van der Waals surface area contributed by atoms with Crippen LogP contribution < -0.4 is 5.32 Å². The first-order chi connectivity index (χ1) is 9.74. The van der Waals surface area contributed by atoms with Gasteiger partial charge in [0.25, 0.3) is 0 Å². The van der Waals surface area contributed by atoms with Crippen LogP contribution in [0.3, 0.4) is 0 Å². The molecule has 108 valence electrons. The van der Waals surface area contributed by atoms with E-state index in [1.807, 2.05) is 6.33 Å². The molecule has 2 aromatic rings. The minimum Gasteiger partial charge on any atom is -0.316 e. The van der Waals surface area contributed by atoms with Crippen LogP contribution in [0.1, 0.15) is 43.3 Å². The van der Waals surface area contributed by atoms with Gasteiger partial charge >= 0.3 is 0 Å².